The van der Waals surface area contributed by atoms with Gasteiger partial charge in [-0.15, -0.1) is 0 Å². The van der Waals surface area contributed by atoms with Crippen molar-refractivity contribution in [1.29, 1.82) is 0 Å². The van der Waals surface area contributed by atoms with E-state index in [2.05, 4.69) is 20.8 Å². The molecule has 0 aliphatic carbocycles. The monoisotopic (exact) mass is 819 g/mol. The maximum absolute atomic E-state index is 12.5. The van der Waals surface area contributed by atoms with E-state index >= 15 is 0 Å². The van der Waals surface area contributed by atoms with Gasteiger partial charge in [0.15, 0.2) is 6.29 Å². The van der Waals surface area contributed by atoms with E-state index in [0.29, 0.717) is 23.0 Å². The first kappa shape index (κ1) is 52.7. The summed E-state index contributed by atoms with van der Waals surface area (Å²) >= 11 is 0. The molecule has 57 heavy (non-hydrogen) atoms. The van der Waals surface area contributed by atoms with Crippen LogP contribution in [0.4, 0.5) is 0 Å². The van der Waals surface area contributed by atoms with Crippen molar-refractivity contribution in [2.24, 2.45) is 35.5 Å². The predicted octanol–water partition coefficient (Wildman–Crippen LogP) is 1.93. The molecule has 0 saturated carbocycles. The SMILES string of the molecule is CCC(C)CC(C)CC(C)C(OC1OC(COC(C)=O)C(O)C(O)C1O)C(C)/C=C(\C)C(O)C(C)/C=C(\C)C(O)C(C)/C=C(\C)C(=O)OCC(O)[C@H](O)[C@H](O)CO. The molecule has 0 amide bonds. The summed E-state index contributed by atoms with van der Waals surface area (Å²) in [4.78, 5) is 23.9. The van der Waals surface area contributed by atoms with Gasteiger partial charge in [-0.3, -0.25) is 4.79 Å². The molecule has 1 fully saturated rings. The minimum atomic E-state index is -1.71. The van der Waals surface area contributed by atoms with Crippen molar-refractivity contribution in [3.05, 3.63) is 34.9 Å². The van der Waals surface area contributed by atoms with Gasteiger partial charge >= 0.3 is 11.9 Å². The molecule has 332 valence electrons. The van der Waals surface area contributed by atoms with Crippen LogP contribution in [0.3, 0.4) is 0 Å². The molecule has 17 atom stereocenters. The van der Waals surface area contributed by atoms with E-state index in [1.54, 1.807) is 33.8 Å². The third-order valence-corrected chi connectivity index (χ3v) is 10.9. The minimum absolute atomic E-state index is 0.0761. The van der Waals surface area contributed by atoms with Crippen LogP contribution in [0.1, 0.15) is 95.4 Å². The lowest BCUT2D eigenvalue weighted by Gasteiger charge is -2.43. The van der Waals surface area contributed by atoms with Crippen molar-refractivity contribution in [3.63, 3.8) is 0 Å². The maximum atomic E-state index is 12.5. The van der Waals surface area contributed by atoms with E-state index < -0.39 is 104 Å². The molecule has 0 radical (unpaired) electrons. The summed E-state index contributed by atoms with van der Waals surface area (Å²) in [6.07, 6.45) is -6.74. The fourth-order valence-electron chi connectivity index (χ4n) is 7.35. The lowest BCUT2D eigenvalue weighted by atomic mass is 9.82. The molecule has 15 heteroatoms. The van der Waals surface area contributed by atoms with E-state index in [0.717, 1.165) is 19.3 Å². The van der Waals surface area contributed by atoms with Crippen LogP contribution in [-0.4, -0.2) is 145 Å². The van der Waals surface area contributed by atoms with Gasteiger partial charge in [-0.1, -0.05) is 73.1 Å². The van der Waals surface area contributed by atoms with Crippen LogP contribution in [0.15, 0.2) is 34.9 Å². The highest BCUT2D eigenvalue weighted by molar-refractivity contribution is 5.87. The lowest BCUT2D eigenvalue weighted by molar-refractivity contribution is -0.317. The van der Waals surface area contributed by atoms with Crippen molar-refractivity contribution in [2.45, 2.75) is 163 Å². The Morgan fingerprint density at radius 2 is 1.25 bits per heavy atom. The van der Waals surface area contributed by atoms with Crippen LogP contribution in [0.2, 0.25) is 0 Å². The first-order valence-electron chi connectivity index (χ1n) is 20.2. The average Bonchev–Trinajstić information content (AvgIpc) is 3.15. The first-order valence-corrected chi connectivity index (χ1v) is 20.2. The second kappa shape index (κ2) is 25.4. The highest BCUT2D eigenvalue weighted by Crippen LogP contribution is 2.33. The van der Waals surface area contributed by atoms with E-state index in [4.69, 9.17) is 24.1 Å². The second-order valence-corrected chi connectivity index (χ2v) is 16.5. The smallest absolute Gasteiger partial charge is 0.333 e. The Kier molecular flexibility index (Phi) is 23.5. The topological polar surface area (TPSA) is 253 Å². The van der Waals surface area contributed by atoms with E-state index in [-0.39, 0.29) is 24.0 Å². The van der Waals surface area contributed by atoms with Crippen LogP contribution < -0.4 is 0 Å². The third kappa shape index (κ3) is 17.1. The molecular weight excluding hydrogens is 744 g/mol. The van der Waals surface area contributed by atoms with Crippen molar-refractivity contribution in [1.82, 2.24) is 0 Å². The Balaban J connectivity index is 3.20. The largest absolute Gasteiger partial charge is 0.463 e. The highest BCUT2D eigenvalue weighted by Gasteiger charge is 2.46. The number of aliphatic hydroxyl groups excluding tert-OH is 9. The van der Waals surface area contributed by atoms with Crippen molar-refractivity contribution in [3.8, 4) is 0 Å². The van der Waals surface area contributed by atoms with Gasteiger partial charge in [0, 0.05) is 30.3 Å². The summed E-state index contributed by atoms with van der Waals surface area (Å²) in [5.41, 5.74) is 1.30. The molecule has 0 aromatic carbocycles. The van der Waals surface area contributed by atoms with Crippen molar-refractivity contribution >= 4 is 11.9 Å². The molecule has 0 spiro atoms. The zero-order chi connectivity index (χ0) is 43.9. The van der Waals surface area contributed by atoms with E-state index in [9.17, 15) is 50.4 Å². The summed E-state index contributed by atoms with van der Waals surface area (Å²) in [5, 5.41) is 92.7. The standard InChI is InChI=1S/C42H74O15/c1-12-21(2)13-22(3)14-27(8)40(57-42-39(52)38(51)37(50)33(56-42)20-54-30(11)44)28(9)16-25(6)34(47)23(4)15-24(5)35(48)26(7)17-29(10)41(53)55-19-32(46)36(49)31(45)18-43/h15-17,21-23,26-28,31-40,42-43,45-52H,12-14,18-20H2,1-11H3/b24-15+,25-16+,29-17+/t21?,22?,23?,26?,27?,28?,31-,32?,33?,34?,35?,36-,37?,38?,39?,40?,42?/m1/s1. The number of carbonyl (C=O) groups is 2. The molecule has 1 aliphatic heterocycles. The highest BCUT2D eigenvalue weighted by atomic mass is 16.7. The zero-order valence-corrected chi connectivity index (χ0v) is 35.8. The molecule has 15 nitrogen and oxygen atoms in total. The van der Waals surface area contributed by atoms with Gasteiger partial charge in [-0.05, 0) is 62.5 Å². The number of hydrogen-bond acceptors (Lipinski definition) is 15. The van der Waals surface area contributed by atoms with Crippen LogP contribution in [-0.2, 0) is 28.5 Å². The molecule has 9 N–H and O–H groups in total. The molecule has 1 saturated heterocycles. The Labute approximate surface area is 339 Å². The summed E-state index contributed by atoms with van der Waals surface area (Å²) in [6, 6.07) is 0. The van der Waals surface area contributed by atoms with Crippen LogP contribution in [0, 0.1) is 35.5 Å². The summed E-state index contributed by atoms with van der Waals surface area (Å²) < 4.78 is 22.4. The molecule has 1 aliphatic rings. The van der Waals surface area contributed by atoms with Crippen LogP contribution >= 0.6 is 0 Å². The number of rotatable bonds is 24. The Bertz CT molecular complexity index is 1300. The van der Waals surface area contributed by atoms with E-state index in [1.165, 1.54) is 19.9 Å². The fraction of sp³-hybridized carbons (Fsp3) is 0.810. The molecule has 0 aromatic rings. The van der Waals surface area contributed by atoms with Gasteiger partial charge in [-0.25, -0.2) is 4.79 Å². The van der Waals surface area contributed by atoms with Gasteiger partial charge in [0.2, 0.25) is 0 Å². The quantitative estimate of drug-likeness (QED) is 0.0383. The fourth-order valence-corrected chi connectivity index (χ4v) is 7.35. The predicted molar refractivity (Wildman–Crippen MR) is 212 cm³/mol. The van der Waals surface area contributed by atoms with Crippen molar-refractivity contribution in [2.75, 3.05) is 19.8 Å². The number of carbonyl (C=O) groups excluding carboxylic acids is 2. The molecule has 15 unspecified atom stereocenters. The second-order valence-electron chi connectivity index (χ2n) is 16.5. The molecule has 0 aromatic heterocycles. The first-order chi connectivity index (χ1) is 26.5. The summed E-state index contributed by atoms with van der Waals surface area (Å²) in [6.45, 7) is 18.4. The zero-order valence-electron chi connectivity index (χ0n) is 35.8. The van der Waals surface area contributed by atoms with E-state index in [1.807, 2.05) is 19.9 Å². The maximum Gasteiger partial charge on any atom is 0.333 e. The molecule has 1 rings (SSSR count). The van der Waals surface area contributed by atoms with Crippen molar-refractivity contribution < 1.29 is 74.5 Å². The Morgan fingerprint density at radius 1 is 0.702 bits per heavy atom. The van der Waals surface area contributed by atoms with Crippen LogP contribution in [0.25, 0.3) is 0 Å². The van der Waals surface area contributed by atoms with Gasteiger partial charge in [0.05, 0.1) is 24.9 Å². The minimum Gasteiger partial charge on any atom is -0.463 e. The number of hydrogen-bond donors (Lipinski definition) is 9. The van der Waals surface area contributed by atoms with Gasteiger partial charge in [0.1, 0.15) is 55.9 Å². The van der Waals surface area contributed by atoms with Crippen LogP contribution in [0.5, 0.6) is 0 Å². The number of esters is 2. The van der Waals surface area contributed by atoms with Gasteiger partial charge in [0.25, 0.3) is 0 Å². The lowest BCUT2D eigenvalue weighted by Crippen LogP contribution is -2.60. The average molecular weight is 819 g/mol. The number of ether oxygens (including phenoxy) is 4. The summed E-state index contributed by atoms with van der Waals surface area (Å²) in [7, 11) is 0. The summed E-state index contributed by atoms with van der Waals surface area (Å²) in [5.74, 6) is -1.96. The molecule has 0 bridgehead atoms. The van der Waals surface area contributed by atoms with Gasteiger partial charge in [-0.2, -0.15) is 0 Å². The third-order valence-electron chi connectivity index (χ3n) is 10.9. The number of aliphatic hydroxyl groups is 9. The molecular formula is C42H74O15. The molecule has 1 heterocycles. The normalized spacial score (nSPS) is 27.5. The Morgan fingerprint density at radius 3 is 1.77 bits per heavy atom. The Hall–Kier alpha value is -2.28. The van der Waals surface area contributed by atoms with Gasteiger partial charge < -0.3 is 64.9 Å².